The predicted octanol–water partition coefficient (Wildman–Crippen LogP) is 3.78. The minimum atomic E-state index is 0. The Balaban J connectivity index is 0.00000240. The van der Waals surface area contributed by atoms with Gasteiger partial charge in [-0.1, -0.05) is 23.7 Å². The Morgan fingerprint density at radius 2 is 2.14 bits per heavy atom. The molecule has 29 heavy (non-hydrogen) atoms. The number of aromatic nitrogens is 3. The molecule has 1 fully saturated rings. The van der Waals surface area contributed by atoms with Gasteiger partial charge in [-0.3, -0.25) is 10.1 Å². The number of rotatable bonds is 7. The van der Waals surface area contributed by atoms with Gasteiger partial charge in [-0.05, 0) is 42.7 Å². The molecule has 0 radical (unpaired) electrons. The molecule has 0 aliphatic heterocycles. The van der Waals surface area contributed by atoms with Crippen LogP contribution in [0.25, 0.3) is 11.6 Å². The zero-order valence-corrected chi connectivity index (χ0v) is 19.2. The lowest BCUT2D eigenvalue weighted by Crippen LogP contribution is -2.42. The van der Waals surface area contributed by atoms with Gasteiger partial charge < -0.3 is 15.1 Å². The summed E-state index contributed by atoms with van der Waals surface area (Å²) in [5, 5.41) is 14.7. The normalized spacial score (nSPS) is 14.9. The van der Waals surface area contributed by atoms with E-state index in [0.717, 1.165) is 36.2 Å². The van der Waals surface area contributed by atoms with Crippen molar-refractivity contribution in [1.29, 1.82) is 0 Å². The predicted molar refractivity (Wildman–Crippen MR) is 125 cm³/mol. The summed E-state index contributed by atoms with van der Waals surface area (Å²) in [5.74, 6) is 2.80. The second kappa shape index (κ2) is 9.62. The summed E-state index contributed by atoms with van der Waals surface area (Å²) in [4.78, 5) is 8.76. The Hall–Kier alpha value is -2.07. The summed E-state index contributed by atoms with van der Waals surface area (Å²) in [5.41, 5.74) is 1.45. The van der Waals surface area contributed by atoms with E-state index < -0.39 is 0 Å². The third kappa shape index (κ3) is 5.30. The van der Waals surface area contributed by atoms with E-state index in [4.69, 9.17) is 16.0 Å². The number of hydrogen-bond acceptors (Lipinski definition) is 4. The van der Waals surface area contributed by atoms with Crippen molar-refractivity contribution in [1.82, 2.24) is 25.8 Å². The molecule has 0 unspecified atom stereocenters. The van der Waals surface area contributed by atoms with Crippen molar-refractivity contribution in [3.63, 3.8) is 0 Å². The van der Waals surface area contributed by atoms with Crippen LogP contribution < -0.4 is 10.6 Å². The molecule has 9 heteroatoms. The van der Waals surface area contributed by atoms with Crippen LogP contribution in [-0.4, -0.2) is 41.3 Å². The van der Waals surface area contributed by atoms with Gasteiger partial charge in [0.1, 0.15) is 5.82 Å². The zero-order chi connectivity index (χ0) is 19.4. The van der Waals surface area contributed by atoms with Crippen LogP contribution in [0, 0.1) is 0 Å². The summed E-state index contributed by atoms with van der Waals surface area (Å²) < 4.78 is 5.31. The highest BCUT2D eigenvalue weighted by Gasteiger charge is 2.44. The Bertz CT molecular complexity index is 952. The highest BCUT2D eigenvalue weighted by molar-refractivity contribution is 14.0. The number of halogens is 2. The molecule has 3 aromatic rings. The molecule has 2 heterocycles. The van der Waals surface area contributed by atoms with Crippen molar-refractivity contribution in [3.8, 4) is 11.6 Å². The van der Waals surface area contributed by atoms with Gasteiger partial charge in [0.05, 0.1) is 6.26 Å². The van der Waals surface area contributed by atoms with Crippen LogP contribution in [0.15, 0.2) is 52.1 Å². The van der Waals surface area contributed by atoms with Crippen molar-refractivity contribution in [2.45, 2.75) is 24.7 Å². The molecule has 0 atom stereocenters. The minimum absolute atomic E-state index is 0. The van der Waals surface area contributed by atoms with E-state index in [9.17, 15) is 0 Å². The summed E-state index contributed by atoms with van der Waals surface area (Å²) in [7, 11) is 1.78. The number of benzene rings is 1. The number of aromatic amines is 1. The van der Waals surface area contributed by atoms with E-state index in [2.05, 4.69) is 42.9 Å². The molecule has 2 aromatic heterocycles. The maximum Gasteiger partial charge on any atom is 0.216 e. The Kier molecular flexibility index (Phi) is 7.18. The second-order valence-electron chi connectivity index (χ2n) is 6.98. The number of nitrogens with one attached hydrogen (secondary N) is 3. The number of nitrogens with zero attached hydrogens (tertiary/aromatic N) is 3. The quantitative estimate of drug-likeness (QED) is 0.248. The Morgan fingerprint density at radius 3 is 2.83 bits per heavy atom. The molecule has 1 aromatic carbocycles. The van der Waals surface area contributed by atoms with Gasteiger partial charge in [0.2, 0.25) is 5.82 Å². The highest BCUT2D eigenvalue weighted by atomic mass is 127. The van der Waals surface area contributed by atoms with E-state index in [1.165, 1.54) is 5.56 Å². The average Bonchev–Trinajstić information content (AvgIpc) is 3.08. The van der Waals surface area contributed by atoms with E-state index in [-0.39, 0.29) is 29.4 Å². The molecule has 4 rings (SSSR count). The fourth-order valence-corrected chi connectivity index (χ4v) is 3.42. The number of furan rings is 1. The Labute approximate surface area is 191 Å². The molecule has 1 aliphatic carbocycles. The van der Waals surface area contributed by atoms with Gasteiger partial charge in [-0.25, -0.2) is 4.98 Å². The molecule has 1 saturated carbocycles. The summed E-state index contributed by atoms with van der Waals surface area (Å²) in [6, 6.07) is 11.8. The van der Waals surface area contributed by atoms with Crippen molar-refractivity contribution >= 4 is 41.5 Å². The van der Waals surface area contributed by atoms with E-state index in [0.29, 0.717) is 24.6 Å². The first-order chi connectivity index (χ1) is 13.7. The van der Waals surface area contributed by atoms with Crippen LogP contribution in [0.2, 0.25) is 5.02 Å². The van der Waals surface area contributed by atoms with E-state index in [1.807, 2.05) is 24.3 Å². The van der Waals surface area contributed by atoms with Crippen LogP contribution in [-0.2, 0) is 11.8 Å². The van der Waals surface area contributed by atoms with Crippen molar-refractivity contribution < 1.29 is 4.42 Å². The molecular weight excluding hydrogens is 503 g/mol. The van der Waals surface area contributed by atoms with Gasteiger partial charge in [0.25, 0.3) is 0 Å². The molecule has 0 spiro atoms. The van der Waals surface area contributed by atoms with Crippen LogP contribution in [0.1, 0.15) is 24.2 Å². The van der Waals surface area contributed by atoms with Crippen molar-refractivity contribution in [2.24, 2.45) is 4.99 Å². The standard InChI is InChI=1S/C20H23ClN6O.HI/c1-22-19(24-13-20(8-9-20)14-4-2-5-15(21)12-14)23-10-7-17-25-18(27-26-17)16-6-3-11-28-16;/h2-6,11-12H,7-10,13H2,1H3,(H2,22,23,24)(H,25,26,27);1H. The first kappa shape index (κ1) is 21.6. The van der Waals surface area contributed by atoms with Crippen molar-refractivity contribution in [2.75, 3.05) is 20.1 Å². The SMILES string of the molecule is CN=C(NCCc1nc(-c2ccco2)n[nH]1)NCC1(c2cccc(Cl)c2)CC1.I. The lowest BCUT2D eigenvalue weighted by molar-refractivity contribution is 0.577. The van der Waals surface area contributed by atoms with Crippen molar-refractivity contribution in [3.05, 3.63) is 59.1 Å². The average molecular weight is 527 g/mol. The van der Waals surface area contributed by atoms with Gasteiger partial charge in [-0.2, -0.15) is 5.10 Å². The monoisotopic (exact) mass is 526 g/mol. The number of H-pyrrole nitrogens is 1. The lowest BCUT2D eigenvalue weighted by Gasteiger charge is -2.19. The van der Waals surface area contributed by atoms with Gasteiger partial charge >= 0.3 is 0 Å². The number of guanidine groups is 1. The zero-order valence-electron chi connectivity index (χ0n) is 16.1. The van der Waals surface area contributed by atoms with Gasteiger partial charge in [-0.15, -0.1) is 24.0 Å². The largest absolute Gasteiger partial charge is 0.461 e. The molecule has 154 valence electrons. The van der Waals surface area contributed by atoms with Gasteiger partial charge in [0.15, 0.2) is 11.7 Å². The van der Waals surface area contributed by atoms with Crippen LogP contribution >= 0.6 is 35.6 Å². The number of aliphatic imine (C=N–C) groups is 1. The summed E-state index contributed by atoms with van der Waals surface area (Å²) in [6.07, 6.45) is 4.63. The minimum Gasteiger partial charge on any atom is -0.461 e. The topological polar surface area (TPSA) is 91.1 Å². The molecule has 7 nitrogen and oxygen atoms in total. The maximum absolute atomic E-state index is 6.15. The molecule has 0 amide bonds. The van der Waals surface area contributed by atoms with Crippen LogP contribution in [0.3, 0.4) is 0 Å². The highest BCUT2D eigenvalue weighted by Crippen LogP contribution is 2.48. The van der Waals surface area contributed by atoms with E-state index in [1.54, 1.807) is 13.3 Å². The molecular formula is C20H24ClIN6O. The van der Waals surface area contributed by atoms with E-state index >= 15 is 0 Å². The third-order valence-electron chi connectivity index (χ3n) is 5.04. The van der Waals surface area contributed by atoms with Crippen LogP contribution in [0.4, 0.5) is 0 Å². The lowest BCUT2D eigenvalue weighted by atomic mass is 9.96. The molecule has 0 saturated heterocycles. The van der Waals surface area contributed by atoms with Crippen LogP contribution in [0.5, 0.6) is 0 Å². The smallest absolute Gasteiger partial charge is 0.216 e. The van der Waals surface area contributed by atoms with Gasteiger partial charge in [0, 0.05) is 37.0 Å². The fourth-order valence-electron chi connectivity index (χ4n) is 3.23. The summed E-state index contributed by atoms with van der Waals surface area (Å²) in [6.45, 7) is 1.52. The first-order valence-corrected chi connectivity index (χ1v) is 9.72. The summed E-state index contributed by atoms with van der Waals surface area (Å²) >= 11 is 6.15. The fraction of sp³-hybridized carbons (Fsp3) is 0.350. The molecule has 0 bridgehead atoms. The number of hydrogen-bond donors (Lipinski definition) is 3. The third-order valence-corrected chi connectivity index (χ3v) is 5.27. The maximum atomic E-state index is 6.15. The first-order valence-electron chi connectivity index (χ1n) is 9.34. The molecule has 3 N–H and O–H groups in total. The molecule has 1 aliphatic rings. The Morgan fingerprint density at radius 1 is 1.28 bits per heavy atom. The second-order valence-corrected chi connectivity index (χ2v) is 7.41.